The minimum Gasteiger partial charge on any atom is -0.389 e. The van der Waals surface area contributed by atoms with E-state index in [1.54, 1.807) is 7.11 Å². The maximum absolute atomic E-state index is 9.55. The first kappa shape index (κ1) is 14.8. The van der Waals surface area contributed by atoms with E-state index in [1.807, 2.05) is 7.05 Å². The molecule has 0 saturated carbocycles. The van der Waals surface area contributed by atoms with E-state index in [0.29, 0.717) is 31.5 Å². The lowest BCUT2D eigenvalue weighted by Crippen LogP contribution is -2.38. The molecule has 0 heterocycles. The van der Waals surface area contributed by atoms with Crippen LogP contribution < -0.4 is 5.73 Å². The van der Waals surface area contributed by atoms with E-state index in [-0.39, 0.29) is 0 Å². The molecule has 0 saturated heterocycles. The monoisotopic (exact) mass is 218 g/mol. The van der Waals surface area contributed by atoms with E-state index in [4.69, 9.17) is 10.5 Å². The van der Waals surface area contributed by atoms with Crippen molar-refractivity contribution in [1.29, 1.82) is 0 Å². The second-order valence-corrected chi connectivity index (χ2v) is 4.57. The summed E-state index contributed by atoms with van der Waals surface area (Å²) in [4.78, 5) is 2.11. The van der Waals surface area contributed by atoms with Gasteiger partial charge in [0.15, 0.2) is 0 Å². The number of rotatable bonds is 8. The number of ether oxygens (including phenoxy) is 1. The summed E-state index contributed by atoms with van der Waals surface area (Å²) in [6, 6.07) is 0. The quantitative estimate of drug-likeness (QED) is 0.609. The highest BCUT2D eigenvalue weighted by Crippen LogP contribution is 2.10. The van der Waals surface area contributed by atoms with Gasteiger partial charge in [0.2, 0.25) is 0 Å². The van der Waals surface area contributed by atoms with Gasteiger partial charge in [0, 0.05) is 20.2 Å². The SMILES string of the molecule is COCC(O)CN(C)CC(CN)C(C)C. The van der Waals surface area contributed by atoms with Gasteiger partial charge in [-0.25, -0.2) is 0 Å². The summed E-state index contributed by atoms with van der Waals surface area (Å²) in [7, 11) is 3.60. The number of nitrogens with two attached hydrogens (primary N) is 1. The molecule has 0 aromatic carbocycles. The third-order valence-electron chi connectivity index (χ3n) is 2.67. The van der Waals surface area contributed by atoms with Crippen LogP contribution in [0.1, 0.15) is 13.8 Å². The molecule has 2 atom stereocenters. The summed E-state index contributed by atoms with van der Waals surface area (Å²) in [5.41, 5.74) is 5.70. The predicted octanol–water partition coefficient (Wildman–Crippen LogP) is 0.156. The smallest absolute Gasteiger partial charge is 0.0899 e. The maximum atomic E-state index is 9.55. The molecule has 2 unspecified atom stereocenters. The van der Waals surface area contributed by atoms with E-state index in [9.17, 15) is 5.11 Å². The molecule has 0 aliphatic heterocycles. The Kier molecular flexibility index (Phi) is 7.96. The number of likely N-dealkylation sites (N-methyl/N-ethyl adjacent to an activating group) is 1. The van der Waals surface area contributed by atoms with Gasteiger partial charge in [-0.2, -0.15) is 0 Å². The van der Waals surface area contributed by atoms with Crippen LogP contribution in [-0.4, -0.2) is 56.5 Å². The highest BCUT2D eigenvalue weighted by molar-refractivity contribution is 4.69. The maximum Gasteiger partial charge on any atom is 0.0899 e. The van der Waals surface area contributed by atoms with Crippen LogP contribution in [0.15, 0.2) is 0 Å². The molecule has 4 nitrogen and oxygen atoms in total. The van der Waals surface area contributed by atoms with Crippen LogP contribution in [0, 0.1) is 11.8 Å². The summed E-state index contributed by atoms with van der Waals surface area (Å²) < 4.78 is 4.88. The number of hydrogen-bond acceptors (Lipinski definition) is 4. The largest absolute Gasteiger partial charge is 0.389 e. The molecule has 0 bridgehead atoms. The first-order valence-corrected chi connectivity index (χ1v) is 5.56. The van der Waals surface area contributed by atoms with Crippen LogP contribution in [0.2, 0.25) is 0 Å². The van der Waals surface area contributed by atoms with E-state index in [0.717, 1.165) is 6.54 Å². The fourth-order valence-electron chi connectivity index (χ4n) is 1.64. The minimum atomic E-state index is -0.411. The molecule has 0 aliphatic carbocycles. The van der Waals surface area contributed by atoms with Gasteiger partial charge >= 0.3 is 0 Å². The zero-order valence-corrected chi connectivity index (χ0v) is 10.4. The number of aliphatic hydroxyl groups excluding tert-OH is 1. The third-order valence-corrected chi connectivity index (χ3v) is 2.67. The average Bonchev–Trinajstić information content (AvgIpc) is 2.13. The first-order valence-electron chi connectivity index (χ1n) is 5.56. The Bertz CT molecular complexity index is 154. The van der Waals surface area contributed by atoms with Crippen molar-refractivity contribution in [2.45, 2.75) is 20.0 Å². The fraction of sp³-hybridized carbons (Fsp3) is 1.00. The van der Waals surface area contributed by atoms with E-state index in [2.05, 4.69) is 18.7 Å². The Morgan fingerprint density at radius 2 is 1.93 bits per heavy atom. The second kappa shape index (κ2) is 8.05. The lowest BCUT2D eigenvalue weighted by atomic mass is 9.95. The van der Waals surface area contributed by atoms with Gasteiger partial charge in [0.05, 0.1) is 12.7 Å². The number of aliphatic hydroxyl groups is 1. The Hall–Kier alpha value is -0.160. The van der Waals surface area contributed by atoms with Crippen LogP contribution in [0.5, 0.6) is 0 Å². The second-order valence-electron chi connectivity index (χ2n) is 4.57. The molecule has 0 aromatic heterocycles. The lowest BCUT2D eigenvalue weighted by Gasteiger charge is -2.27. The van der Waals surface area contributed by atoms with Gasteiger partial charge in [0.1, 0.15) is 0 Å². The number of nitrogens with zero attached hydrogens (tertiary/aromatic N) is 1. The minimum absolute atomic E-state index is 0.388. The normalized spacial score (nSPS) is 16.0. The highest BCUT2D eigenvalue weighted by atomic mass is 16.5. The molecule has 0 radical (unpaired) electrons. The van der Waals surface area contributed by atoms with Crippen molar-refractivity contribution >= 4 is 0 Å². The fourth-order valence-corrected chi connectivity index (χ4v) is 1.64. The van der Waals surface area contributed by atoms with E-state index in [1.165, 1.54) is 0 Å². The van der Waals surface area contributed by atoms with Gasteiger partial charge in [-0.15, -0.1) is 0 Å². The van der Waals surface area contributed by atoms with Crippen molar-refractivity contribution in [3.05, 3.63) is 0 Å². The van der Waals surface area contributed by atoms with E-state index < -0.39 is 6.10 Å². The predicted molar refractivity (Wildman–Crippen MR) is 62.8 cm³/mol. The first-order chi connectivity index (χ1) is 7.01. The van der Waals surface area contributed by atoms with E-state index >= 15 is 0 Å². The summed E-state index contributed by atoms with van der Waals surface area (Å²) in [6.45, 7) is 7.00. The molecule has 92 valence electrons. The van der Waals surface area contributed by atoms with Crippen molar-refractivity contribution in [2.24, 2.45) is 17.6 Å². The Morgan fingerprint density at radius 3 is 2.33 bits per heavy atom. The van der Waals surface area contributed by atoms with Crippen molar-refractivity contribution in [1.82, 2.24) is 4.90 Å². The Balaban J connectivity index is 3.84. The number of methoxy groups -OCH3 is 1. The third kappa shape index (κ3) is 6.84. The molecular weight excluding hydrogens is 192 g/mol. The molecule has 0 aromatic rings. The average molecular weight is 218 g/mol. The topological polar surface area (TPSA) is 58.7 Å². The van der Waals surface area contributed by atoms with Crippen molar-refractivity contribution in [3.63, 3.8) is 0 Å². The van der Waals surface area contributed by atoms with Gasteiger partial charge in [-0.05, 0) is 25.4 Å². The summed E-state index contributed by atoms with van der Waals surface area (Å²) in [5.74, 6) is 1.07. The zero-order valence-electron chi connectivity index (χ0n) is 10.4. The van der Waals surface area contributed by atoms with Gasteiger partial charge in [-0.3, -0.25) is 0 Å². The molecule has 0 rings (SSSR count). The van der Waals surface area contributed by atoms with Crippen LogP contribution in [-0.2, 0) is 4.74 Å². The van der Waals surface area contributed by atoms with Gasteiger partial charge < -0.3 is 20.5 Å². The lowest BCUT2D eigenvalue weighted by molar-refractivity contribution is 0.0391. The van der Waals surface area contributed by atoms with Gasteiger partial charge in [-0.1, -0.05) is 13.8 Å². The Morgan fingerprint density at radius 1 is 1.33 bits per heavy atom. The van der Waals surface area contributed by atoms with Crippen LogP contribution >= 0.6 is 0 Å². The summed E-state index contributed by atoms with van der Waals surface area (Å²) in [6.07, 6.45) is -0.411. The van der Waals surface area contributed by atoms with Crippen molar-refractivity contribution in [3.8, 4) is 0 Å². The summed E-state index contributed by atoms with van der Waals surface area (Å²) in [5, 5.41) is 9.55. The van der Waals surface area contributed by atoms with Crippen LogP contribution in [0.3, 0.4) is 0 Å². The molecule has 4 heteroatoms. The van der Waals surface area contributed by atoms with Crippen molar-refractivity contribution in [2.75, 3.05) is 40.4 Å². The van der Waals surface area contributed by atoms with Gasteiger partial charge in [0.25, 0.3) is 0 Å². The molecule has 0 spiro atoms. The van der Waals surface area contributed by atoms with Crippen LogP contribution in [0.25, 0.3) is 0 Å². The molecule has 0 amide bonds. The molecule has 0 aliphatic rings. The molecular formula is C11H26N2O2. The Labute approximate surface area is 93.4 Å². The number of hydrogen-bond donors (Lipinski definition) is 2. The van der Waals surface area contributed by atoms with Crippen LogP contribution in [0.4, 0.5) is 0 Å². The molecule has 0 fully saturated rings. The standard InChI is InChI=1S/C11H26N2O2/c1-9(2)10(5-12)6-13(3)7-11(14)8-15-4/h9-11,14H,5-8,12H2,1-4H3. The molecule has 15 heavy (non-hydrogen) atoms. The molecule has 3 N–H and O–H groups in total. The highest BCUT2D eigenvalue weighted by Gasteiger charge is 2.15. The van der Waals surface area contributed by atoms with Crippen molar-refractivity contribution < 1.29 is 9.84 Å². The summed E-state index contributed by atoms with van der Waals surface area (Å²) >= 11 is 0. The zero-order chi connectivity index (χ0) is 11.8.